The molecule has 2 aromatic rings. The van der Waals surface area contributed by atoms with Crippen molar-refractivity contribution in [1.29, 1.82) is 0 Å². The van der Waals surface area contributed by atoms with E-state index in [0.717, 1.165) is 0 Å². The molecule has 0 unspecified atom stereocenters. The molecule has 3 rings (SSSR count). The highest BCUT2D eigenvalue weighted by molar-refractivity contribution is 6.31. The normalized spacial score (nSPS) is 15.3. The topological polar surface area (TPSA) is 78.7 Å². The van der Waals surface area contributed by atoms with Crippen LogP contribution in [0, 0.1) is 5.82 Å². The standard InChI is InChI=1S/C17H18ClFN4O3/c1-21-9-12(17(25)26)15(20-21)16(24)23-7-5-22(6-8-23)10-11-13(18)3-2-4-14(11)19/h2-4,9H,5-8,10H2,1H3,(H,25,26). The molecule has 1 N–H and O–H groups in total. The fraction of sp³-hybridized carbons (Fsp3) is 0.353. The molecule has 0 bridgehead atoms. The van der Waals surface area contributed by atoms with Crippen LogP contribution in [-0.2, 0) is 13.6 Å². The number of aromatic nitrogens is 2. The fourth-order valence-electron chi connectivity index (χ4n) is 2.97. The van der Waals surface area contributed by atoms with Crippen LogP contribution in [0.4, 0.5) is 4.39 Å². The van der Waals surface area contributed by atoms with Crippen molar-refractivity contribution in [3.8, 4) is 0 Å². The minimum Gasteiger partial charge on any atom is -0.478 e. The van der Waals surface area contributed by atoms with E-state index >= 15 is 0 Å². The van der Waals surface area contributed by atoms with E-state index in [-0.39, 0.29) is 17.1 Å². The Kier molecular flexibility index (Phi) is 5.24. The van der Waals surface area contributed by atoms with Crippen LogP contribution >= 0.6 is 11.6 Å². The number of aromatic carboxylic acids is 1. The number of carbonyl (C=O) groups excluding carboxylic acids is 1. The molecule has 2 heterocycles. The van der Waals surface area contributed by atoms with Gasteiger partial charge in [-0.05, 0) is 12.1 Å². The van der Waals surface area contributed by atoms with Gasteiger partial charge in [-0.2, -0.15) is 5.10 Å². The van der Waals surface area contributed by atoms with Crippen LogP contribution < -0.4 is 0 Å². The van der Waals surface area contributed by atoms with E-state index in [1.807, 2.05) is 4.90 Å². The molecule has 0 saturated carbocycles. The number of carboxylic acid groups (broad SMARTS) is 1. The summed E-state index contributed by atoms with van der Waals surface area (Å²) in [4.78, 5) is 27.4. The number of piperazine rings is 1. The van der Waals surface area contributed by atoms with Crippen LogP contribution in [0.5, 0.6) is 0 Å². The minimum absolute atomic E-state index is 0.0643. The molecule has 1 saturated heterocycles. The van der Waals surface area contributed by atoms with Gasteiger partial charge in [-0.1, -0.05) is 17.7 Å². The maximum absolute atomic E-state index is 13.9. The van der Waals surface area contributed by atoms with Crippen molar-refractivity contribution in [3.63, 3.8) is 0 Å². The predicted molar refractivity (Wildman–Crippen MR) is 92.8 cm³/mol. The number of hydrogen-bond donors (Lipinski definition) is 1. The quantitative estimate of drug-likeness (QED) is 0.876. The molecule has 1 aromatic carbocycles. The Balaban J connectivity index is 1.65. The highest BCUT2D eigenvalue weighted by atomic mass is 35.5. The van der Waals surface area contributed by atoms with E-state index in [1.165, 1.54) is 16.9 Å². The molecule has 0 radical (unpaired) electrons. The Morgan fingerprint density at radius 1 is 1.27 bits per heavy atom. The maximum atomic E-state index is 13.9. The molecule has 26 heavy (non-hydrogen) atoms. The molecule has 0 aliphatic carbocycles. The first-order chi connectivity index (χ1) is 12.4. The first kappa shape index (κ1) is 18.3. The van der Waals surface area contributed by atoms with E-state index in [0.29, 0.717) is 43.3 Å². The van der Waals surface area contributed by atoms with Gasteiger partial charge in [0.05, 0.1) is 0 Å². The maximum Gasteiger partial charge on any atom is 0.339 e. The third kappa shape index (κ3) is 3.71. The van der Waals surface area contributed by atoms with Gasteiger partial charge in [0.15, 0.2) is 5.69 Å². The molecular formula is C17H18ClFN4O3. The number of benzene rings is 1. The van der Waals surface area contributed by atoms with Gasteiger partial charge in [0.2, 0.25) is 0 Å². The van der Waals surface area contributed by atoms with Gasteiger partial charge in [-0.15, -0.1) is 0 Å². The summed E-state index contributed by atoms with van der Waals surface area (Å²) in [7, 11) is 1.57. The van der Waals surface area contributed by atoms with Crippen LogP contribution in [0.25, 0.3) is 0 Å². The van der Waals surface area contributed by atoms with Gasteiger partial charge in [-0.3, -0.25) is 14.4 Å². The second kappa shape index (κ2) is 7.43. The van der Waals surface area contributed by atoms with Crippen molar-refractivity contribution in [2.75, 3.05) is 26.2 Å². The Hall–Kier alpha value is -2.45. The zero-order valence-electron chi connectivity index (χ0n) is 14.2. The van der Waals surface area contributed by atoms with E-state index < -0.39 is 11.9 Å². The summed E-state index contributed by atoms with van der Waals surface area (Å²) in [5.74, 6) is -1.95. The molecule has 0 spiro atoms. The summed E-state index contributed by atoms with van der Waals surface area (Å²) in [6.07, 6.45) is 1.31. The number of nitrogens with zero attached hydrogens (tertiary/aromatic N) is 4. The lowest BCUT2D eigenvalue weighted by molar-refractivity contribution is 0.0603. The number of hydrogen-bond acceptors (Lipinski definition) is 4. The predicted octanol–water partition coefficient (Wildman–Crippen LogP) is 1.87. The highest BCUT2D eigenvalue weighted by Crippen LogP contribution is 2.21. The van der Waals surface area contributed by atoms with E-state index in [2.05, 4.69) is 5.10 Å². The third-order valence-corrected chi connectivity index (χ3v) is 4.72. The van der Waals surface area contributed by atoms with Crippen LogP contribution in [0.15, 0.2) is 24.4 Å². The second-order valence-electron chi connectivity index (χ2n) is 6.14. The van der Waals surface area contributed by atoms with Gasteiger partial charge in [0, 0.05) is 56.6 Å². The number of rotatable bonds is 4. The summed E-state index contributed by atoms with van der Waals surface area (Å²) < 4.78 is 15.2. The van der Waals surface area contributed by atoms with Crippen LogP contribution in [0.1, 0.15) is 26.4 Å². The molecule has 1 amide bonds. The SMILES string of the molecule is Cn1cc(C(=O)O)c(C(=O)N2CCN(Cc3c(F)cccc3Cl)CC2)n1. The minimum atomic E-state index is -1.19. The lowest BCUT2D eigenvalue weighted by Gasteiger charge is -2.34. The number of carboxylic acids is 1. The second-order valence-corrected chi connectivity index (χ2v) is 6.55. The number of aryl methyl sites for hydroxylation is 1. The van der Waals surface area contributed by atoms with Crippen molar-refractivity contribution in [2.45, 2.75) is 6.54 Å². The zero-order valence-corrected chi connectivity index (χ0v) is 14.9. The van der Waals surface area contributed by atoms with Crippen LogP contribution in [0.2, 0.25) is 5.02 Å². The molecule has 9 heteroatoms. The number of halogens is 2. The summed E-state index contributed by atoms with van der Waals surface area (Å²) in [6.45, 7) is 2.23. The number of amides is 1. The molecule has 1 fully saturated rings. The molecular weight excluding hydrogens is 363 g/mol. The molecule has 1 aliphatic rings. The smallest absolute Gasteiger partial charge is 0.339 e. The average Bonchev–Trinajstić information content (AvgIpc) is 3.00. The Bertz CT molecular complexity index is 826. The summed E-state index contributed by atoms with van der Waals surface area (Å²) in [5.41, 5.74) is 0.260. The Morgan fingerprint density at radius 2 is 1.96 bits per heavy atom. The summed E-state index contributed by atoms with van der Waals surface area (Å²) >= 11 is 6.06. The molecule has 1 aromatic heterocycles. The van der Waals surface area contributed by atoms with Crippen molar-refractivity contribution in [2.24, 2.45) is 7.05 Å². The monoisotopic (exact) mass is 380 g/mol. The van der Waals surface area contributed by atoms with Crippen LogP contribution in [-0.4, -0.2) is 62.7 Å². The van der Waals surface area contributed by atoms with Gasteiger partial charge >= 0.3 is 5.97 Å². The van der Waals surface area contributed by atoms with Crippen molar-refractivity contribution < 1.29 is 19.1 Å². The van der Waals surface area contributed by atoms with Gasteiger partial charge in [-0.25, -0.2) is 9.18 Å². The first-order valence-electron chi connectivity index (χ1n) is 8.08. The summed E-state index contributed by atoms with van der Waals surface area (Å²) in [6, 6.07) is 4.58. The molecule has 0 atom stereocenters. The van der Waals surface area contributed by atoms with Gasteiger partial charge in [0.25, 0.3) is 5.91 Å². The van der Waals surface area contributed by atoms with Crippen LogP contribution in [0.3, 0.4) is 0 Å². The van der Waals surface area contributed by atoms with E-state index in [9.17, 15) is 19.1 Å². The van der Waals surface area contributed by atoms with E-state index in [4.69, 9.17) is 11.6 Å². The summed E-state index contributed by atoms with van der Waals surface area (Å²) in [5, 5.41) is 13.6. The largest absolute Gasteiger partial charge is 0.478 e. The Labute approximate surface area is 154 Å². The van der Waals surface area contributed by atoms with Crippen molar-refractivity contribution >= 4 is 23.5 Å². The molecule has 1 aliphatic heterocycles. The van der Waals surface area contributed by atoms with Crippen molar-refractivity contribution in [1.82, 2.24) is 19.6 Å². The first-order valence-corrected chi connectivity index (χ1v) is 8.46. The lowest BCUT2D eigenvalue weighted by Crippen LogP contribution is -2.48. The zero-order chi connectivity index (χ0) is 18.8. The molecule has 138 valence electrons. The average molecular weight is 381 g/mol. The lowest BCUT2D eigenvalue weighted by atomic mass is 10.1. The number of carbonyl (C=O) groups is 2. The third-order valence-electron chi connectivity index (χ3n) is 4.36. The van der Waals surface area contributed by atoms with Gasteiger partial charge < -0.3 is 10.0 Å². The molecule has 7 nitrogen and oxygen atoms in total. The Morgan fingerprint density at radius 3 is 2.58 bits per heavy atom. The van der Waals surface area contributed by atoms with Gasteiger partial charge in [0.1, 0.15) is 11.4 Å². The van der Waals surface area contributed by atoms with E-state index in [1.54, 1.807) is 24.1 Å². The fourth-order valence-corrected chi connectivity index (χ4v) is 3.19. The van der Waals surface area contributed by atoms with Crippen molar-refractivity contribution in [3.05, 3.63) is 52.1 Å². The highest BCUT2D eigenvalue weighted by Gasteiger charge is 2.28.